The number of halogens is 1. The first-order valence-corrected chi connectivity index (χ1v) is 12.2. The van der Waals surface area contributed by atoms with Crippen LogP contribution in [0.2, 0.25) is 5.02 Å². The highest BCUT2D eigenvalue weighted by atomic mass is 35.5. The molecule has 34 heavy (non-hydrogen) atoms. The molecule has 1 fully saturated rings. The summed E-state index contributed by atoms with van der Waals surface area (Å²) in [4.78, 5) is 32.2. The summed E-state index contributed by atoms with van der Waals surface area (Å²) in [5.41, 5.74) is 4.12. The quantitative estimate of drug-likeness (QED) is 0.318. The number of rotatable bonds is 7. The van der Waals surface area contributed by atoms with Gasteiger partial charge in [-0.05, 0) is 37.1 Å². The number of benzene rings is 2. The van der Waals surface area contributed by atoms with E-state index in [2.05, 4.69) is 11.5 Å². The summed E-state index contributed by atoms with van der Waals surface area (Å²) in [5.74, 6) is 0.775. The van der Waals surface area contributed by atoms with Gasteiger partial charge in [0.2, 0.25) is 11.7 Å². The summed E-state index contributed by atoms with van der Waals surface area (Å²) in [6.07, 6.45) is 6.52. The molecule has 0 radical (unpaired) electrons. The fourth-order valence-corrected chi connectivity index (χ4v) is 4.71. The van der Waals surface area contributed by atoms with Crippen molar-refractivity contribution < 1.29 is 4.79 Å². The van der Waals surface area contributed by atoms with Crippen LogP contribution in [0.4, 0.5) is 5.69 Å². The zero-order valence-electron chi connectivity index (χ0n) is 19.2. The van der Waals surface area contributed by atoms with Crippen LogP contribution in [0.25, 0.3) is 28.3 Å². The number of nitrogens with zero attached hydrogens (tertiary/aromatic N) is 4. The maximum absolute atomic E-state index is 13.1. The molecule has 1 amide bonds. The normalized spacial score (nSPS) is 13.8. The molecule has 0 saturated carbocycles. The Hall–Kier alpha value is -3.38. The van der Waals surface area contributed by atoms with Gasteiger partial charge in [0.05, 0.1) is 11.4 Å². The minimum absolute atomic E-state index is 0.128. The number of fused-ring (bicyclic) bond motifs is 1. The Balaban J connectivity index is 1.65. The smallest absolute Gasteiger partial charge is 0.259 e. The number of carbonyl (C=O) groups excluding carboxylic acids is 1. The standard InChI is InChI=1S/C27H27ClN4O2/c1-2-3-4-14-31-24(20-7-5-8-22(16-20)30-15-6-9-25(30)33)18-32-26(34)17-23(29-27(31)32)19-10-12-21(28)13-11-19/h5,7-8,10-13,16-18H,2-4,6,9,14-15H2,1H3. The highest BCUT2D eigenvalue weighted by Gasteiger charge is 2.22. The van der Waals surface area contributed by atoms with Crippen LogP contribution in [0.15, 0.2) is 65.6 Å². The molecule has 0 atom stereocenters. The molecule has 1 saturated heterocycles. The zero-order chi connectivity index (χ0) is 23.7. The summed E-state index contributed by atoms with van der Waals surface area (Å²) in [6, 6.07) is 16.9. The molecule has 2 aromatic carbocycles. The van der Waals surface area contributed by atoms with Crippen LogP contribution in [0.3, 0.4) is 0 Å². The summed E-state index contributed by atoms with van der Waals surface area (Å²) < 4.78 is 3.75. The van der Waals surface area contributed by atoms with E-state index in [4.69, 9.17) is 16.6 Å². The van der Waals surface area contributed by atoms with Crippen molar-refractivity contribution in [3.05, 3.63) is 76.2 Å². The summed E-state index contributed by atoms with van der Waals surface area (Å²) >= 11 is 6.05. The van der Waals surface area contributed by atoms with Gasteiger partial charge in [0.25, 0.3) is 5.56 Å². The Morgan fingerprint density at radius 3 is 2.56 bits per heavy atom. The first kappa shape index (κ1) is 22.4. The third-order valence-electron chi connectivity index (χ3n) is 6.37. The van der Waals surface area contributed by atoms with Gasteiger partial charge in [0.1, 0.15) is 0 Å². The second-order valence-electron chi connectivity index (χ2n) is 8.73. The number of unbranched alkanes of at least 4 members (excludes halogenated alkanes) is 2. The van der Waals surface area contributed by atoms with Gasteiger partial charge in [-0.1, -0.05) is 55.6 Å². The summed E-state index contributed by atoms with van der Waals surface area (Å²) in [5, 5.41) is 0.642. The van der Waals surface area contributed by atoms with E-state index in [1.807, 2.05) is 47.5 Å². The highest BCUT2D eigenvalue weighted by Crippen LogP contribution is 2.29. The van der Waals surface area contributed by atoms with E-state index in [-0.39, 0.29) is 11.5 Å². The Labute approximate surface area is 203 Å². The second-order valence-corrected chi connectivity index (χ2v) is 9.17. The number of aromatic nitrogens is 3. The molecule has 174 valence electrons. The van der Waals surface area contributed by atoms with Gasteiger partial charge < -0.3 is 9.47 Å². The van der Waals surface area contributed by atoms with Crippen LogP contribution >= 0.6 is 11.6 Å². The molecule has 0 spiro atoms. The van der Waals surface area contributed by atoms with Crippen molar-refractivity contribution >= 4 is 29.0 Å². The molecule has 2 aromatic heterocycles. The van der Waals surface area contributed by atoms with Crippen molar-refractivity contribution in [2.75, 3.05) is 11.4 Å². The van der Waals surface area contributed by atoms with Gasteiger partial charge in [-0.3, -0.25) is 14.0 Å². The second kappa shape index (κ2) is 9.47. The SMILES string of the molecule is CCCCCn1c(-c2cccc(N3CCCC3=O)c2)cn2c(=O)cc(-c3ccc(Cl)cc3)nc12. The van der Waals surface area contributed by atoms with Gasteiger partial charge in [0, 0.05) is 53.6 Å². The van der Waals surface area contributed by atoms with Gasteiger partial charge in [-0.2, -0.15) is 0 Å². The van der Waals surface area contributed by atoms with E-state index in [0.29, 0.717) is 22.9 Å². The number of hydrogen-bond acceptors (Lipinski definition) is 3. The fraction of sp³-hybridized carbons (Fsp3) is 0.296. The lowest BCUT2D eigenvalue weighted by Gasteiger charge is -2.17. The van der Waals surface area contributed by atoms with Crippen LogP contribution in [-0.4, -0.2) is 26.4 Å². The van der Waals surface area contributed by atoms with Gasteiger partial charge in [-0.15, -0.1) is 0 Å². The first-order valence-electron chi connectivity index (χ1n) is 11.8. The third-order valence-corrected chi connectivity index (χ3v) is 6.62. The maximum atomic E-state index is 13.1. The largest absolute Gasteiger partial charge is 0.312 e. The predicted octanol–water partition coefficient (Wildman–Crippen LogP) is 5.80. The molecule has 1 aliphatic rings. The number of carbonyl (C=O) groups is 1. The van der Waals surface area contributed by atoms with E-state index >= 15 is 0 Å². The van der Waals surface area contributed by atoms with E-state index < -0.39 is 0 Å². The van der Waals surface area contributed by atoms with E-state index in [1.165, 1.54) is 0 Å². The Bertz CT molecular complexity index is 1400. The third kappa shape index (κ3) is 4.26. The molecule has 3 heterocycles. The first-order chi connectivity index (χ1) is 16.5. The Morgan fingerprint density at radius 2 is 1.82 bits per heavy atom. The fourth-order valence-electron chi connectivity index (χ4n) is 4.58. The monoisotopic (exact) mass is 474 g/mol. The average molecular weight is 475 g/mol. The maximum Gasteiger partial charge on any atom is 0.259 e. The molecule has 0 bridgehead atoms. The minimum atomic E-state index is -0.128. The lowest BCUT2D eigenvalue weighted by Crippen LogP contribution is -2.23. The van der Waals surface area contributed by atoms with Crippen LogP contribution in [0, 0.1) is 0 Å². The Morgan fingerprint density at radius 1 is 1.00 bits per heavy atom. The van der Waals surface area contributed by atoms with Crippen LogP contribution in [0.5, 0.6) is 0 Å². The molecule has 7 heteroatoms. The molecule has 0 unspecified atom stereocenters. The number of imidazole rings is 1. The molecule has 1 aliphatic heterocycles. The topological polar surface area (TPSA) is 59.6 Å². The van der Waals surface area contributed by atoms with Gasteiger partial charge in [0.15, 0.2) is 0 Å². The Kier molecular flexibility index (Phi) is 6.24. The van der Waals surface area contributed by atoms with Crippen molar-refractivity contribution in [1.29, 1.82) is 0 Å². The summed E-state index contributed by atoms with van der Waals surface area (Å²) in [7, 11) is 0. The molecule has 6 nitrogen and oxygen atoms in total. The minimum Gasteiger partial charge on any atom is -0.312 e. The molecule has 0 aliphatic carbocycles. The number of aryl methyl sites for hydroxylation is 1. The van der Waals surface area contributed by atoms with E-state index in [9.17, 15) is 9.59 Å². The van der Waals surface area contributed by atoms with Crippen molar-refractivity contribution in [2.24, 2.45) is 0 Å². The molecule has 5 rings (SSSR count). The van der Waals surface area contributed by atoms with E-state index in [1.54, 1.807) is 22.6 Å². The van der Waals surface area contributed by atoms with Crippen LogP contribution in [-0.2, 0) is 11.3 Å². The van der Waals surface area contributed by atoms with Crippen molar-refractivity contribution in [2.45, 2.75) is 45.6 Å². The summed E-state index contributed by atoms with van der Waals surface area (Å²) in [6.45, 7) is 3.67. The highest BCUT2D eigenvalue weighted by molar-refractivity contribution is 6.30. The number of hydrogen-bond donors (Lipinski definition) is 0. The zero-order valence-corrected chi connectivity index (χ0v) is 20.0. The van der Waals surface area contributed by atoms with Crippen LogP contribution < -0.4 is 10.5 Å². The van der Waals surface area contributed by atoms with E-state index in [0.717, 1.165) is 61.3 Å². The number of anilines is 1. The lowest BCUT2D eigenvalue weighted by molar-refractivity contribution is -0.117. The van der Waals surface area contributed by atoms with Crippen LogP contribution in [0.1, 0.15) is 39.0 Å². The van der Waals surface area contributed by atoms with Gasteiger partial charge >= 0.3 is 0 Å². The van der Waals surface area contributed by atoms with Gasteiger partial charge in [-0.25, -0.2) is 4.98 Å². The van der Waals surface area contributed by atoms with Crippen molar-refractivity contribution in [3.8, 4) is 22.5 Å². The molecular formula is C27H27ClN4O2. The average Bonchev–Trinajstić information content (AvgIpc) is 3.44. The number of amides is 1. The van der Waals surface area contributed by atoms with Crippen molar-refractivity contribution in [3.63, 3.8) is 0 Å². The predicted molar refractivity (Wildman–Crippen MR) is 136 cm³/mol. The molecule has 0 N–H and O–H groups in total. The molecular weight excluding hydrogens is 448 g/mol. The molecule has 4 aromatic rings. The van der Waals surface area contributed by atoms with Crippen molar-refractivity contribution in [1.82, 2.24) is 14.0 Å². The lowest BCUT2D eigenvalue weighted by atomic mass is 10.1.